The highest BCUT2D eigenvalue weighted by Gasteiger charge is 2.30. The summed E-state index contributed by atoms with van der Waals surface area (Å²) in [5.74, 6) is 0. The Balaban J connectivity index is 2.93. The minimum atomic E-state index is -4.63. The van der Waals surface area contributed by atoms with Crippen molar-refractivity contribution in [1.29, 1.82) is 0 Å². The molecule has 0 fully saturated rings. The summed E-state index contributed by atoms with van der Waals surface area (Å²) in [4.78, 5) is 10.0. The molecule has 0 atom stereocenters. The molecule has 0 bridgehead atoms. The van der Waals surface area contributed by atoms with Gasteiger partial charge in [0.05, 0.1) is 4.90 Å². The quantitative estimate of drug-likeness (QED) is 0.837. The molecule has 0 aliphatic carbocycles. The van der Waals surface area contributed by atoms with Gasteiger partial charge in [0.15, 0.2) is 0 Å². The molecule has 0 aliphatic rings. The Morgan fingerprint density at radius 3 is 2.47 bits per heavy atom. The largest absolute Gasteiger partial charge is 0.402 e. The lowest BCUT2D eigenvalue weighted by molar-refractivity contribution is -0.121. The fourth-order valence-corrected chi connectivity index (χ4v) is 2.08. The van der Waals surface area contributed by atoms with Gasteiger partial charge in [-0.25, -0.2) is 13.1 Å². The molecule has 1 aromatic carbocycles. The number of hydrogen-bond acceptors (Lipinski definition) is 3. The van der Waals surface area contributed by atoms with Crippen LogP contribution in [0.5, 0.6) is 0 Å². The van der Waals surface area contributed by atoms with Crippen LogP contribution in [0.3, 0.4) is 0 Å². The number of benzene rings is 1. The van der Waals surface area contributed by atoms with E-state index < -0.39 is 22.7 Å². The highest BCUT2D eigenvalue weighted by molar-refractivity contribution is 7.89. The topological polar surface area (TPSA) is 63.2 Å². The Labute approximate surface area is 95.5 Å². The molecule has 94 valence electrons. The second kappa shape index (κ2) is 4.84. The number of nitrogens with one attached hydrogen (secondary N) is 1. The van der Waals surface area contributed by atoms with Gasteiger partial charge in [-0.15, -0.1) is 0 Å². The molecule has 0 saturated carbocycles. The Morgan fingerprint density at radius 2 is 1.94 bits per heavy atom. The summed E-state index contributed by atoms with van der Waals surface area (Å²) in [5.41, 5.74) is 0.0693. The summed E-state index contributed by atoms with van der Waals surface area (Å²) in [6, 6.07) is 4.71. The van der Waals surface area contributed by atoms with Crippen molar-refractivity contribution in [2.75, 3.05) is 6.54 Å². The van der Waals surface area contributed by atoms with Gasteiger partial charge in [0.25, 0.3) is 0 Å². The van der Waals surface area contributed by atoms with E-state index in [1.807, 2.05) is 0 Å². The molecule has 1 aromatic rings. The Kier molecular flexibility index (Phi) is 3.89. The molecule has 17 heavy (non-hydrogen) atoms. The van der Waals surface area contributed by atoms with Gasteiger partial charge in [-0.05, 0) is 12.1 Å². The molecule has 1 N–H and O–H groups in total. The van der Waals surface area contributed by atoms with Crippen LogP contribution in [-0.2, 0) is 10.0 Å². The molecule has 0 amide bonds. The van der Waals surface area contributed by atoms with E-state index in [0.717, 1.165) is 12.1 Å². The van der Waals surface area contributed by atoms with Crippen LogP contribution in [0.25, 0.3) is 0 Å². The van der Waals surface area contributed by atoms with Crippen molar-refractivity contribution in [2.45, 2.75) is 11.1 Å². The van der Waals surface area contributed by atoms with E-state index in [9.17, 15) is 26.4 Å². The number of hydrogen-bond donors (Lipinski definition) is 1. The van der Waals surface area contributed by atoms with Crippen LogP contribution in [0, 0.1) is 0 Å². The van der Waals surface area contributed by atoms with E-state index >= 15 is 0 Å². The summed E-state index contributed by atoms with van der Waals surface area (Å²) >= 11 is 0. The van der Waals surface area contributed by atoms with Crippen molar-refractivity contribution in [3.63, 3.8) is 0 Å². The van der Waals surface area contributed by atoms with Crippen molar-refractivity contribution in [3.8, 4) is 0 Å². The summed E-state index contributed by atoms with van der Waals surface area (Å²) in [5, 5.41) is 0. The predicted molar refractivity (Wildman–Crippen MR) is 53.1 cm³/mol. The number of carbonyl (C=O) groups is 1. The first kappa shape index (κ1) is 13.7. The fourth-order valence-electron chi connectivity index (χ4n) is 1.02. The molecular weight excluding hydrogens is 259 g/mol. The monoisotopic (exact) mass is 267 g/mol. The molecule has 0 radical (unpaired) electrons. The van der Waals surface area contributed by atoms with Crippen molar-refractivity contribution in [2.24, 2.45) is 0 Å². The average Bonchev–Trinajstić information content (AvgIpc) is 2.26. The zero-order chi connectivity index (χ0) is 13.1. The Bertz CT molecular complexity index is 510. The molecule has 0 aromatic heterocycles. The van der Waals surface area contributed by atoms with Crippen LogP contribution >= 0.6 is 0 Å². The first-order valence-electron chi connectivity index (χ1n) is 4.36. The maximum atomic E-state index is 11.9. The first-order valence-corrected chi connectivity index (χ1v) is 5.84. The summed E-state index contributed by atoms with van der Waals surface area (Å²) in [6.07, 6.45) is -4.22. The van der Waals surface area contributed by atoms with Gasteiger partial charge in [-0.2, -0.15) is 13.2 Å². The van der Waals surface area contributed by atoms with Crippen LogP contribution in [0.2, 0.25) is 0 Å². The molecule has 8 heteroatoms. The second-order valence-electron chi connectivity index (χ2n) is 3.13. The average molecular weight is 267 g/mol. The molecule has 0 spiro atoms. The van der Waals surface area contributed by atoms with Crippen LogP contribution in [-0.4, -0.2) is 27.4 Å². The highest BCUT2D eigenvalue weighted by atomic mass is 32.2. The van der Waals surface area contributed by atoms with E-state index in [0.29, 0.717) is 6.29 Å². The number of halogens is 3. The van der Waals surface area contributed by atoms with E-state index in [1.165, 1.54) is 16.9 Å². The first-order chi connectivity index (χ1) is 7.74. The molecule has 0 heterocycles. The highest BCUT2D eigenvalue weighted by Crippen LogP contribution is 2.15. The van der Waals surface area contributed by atoms with Crippen LogP contribution < -0.4 is 4.72 Å². The molecule has 0 saturated heterocycles. The third kappa shape index (κ3) is 4.16. The number of aldehydes is 1. The van der Waals surface area contributed by atoms with E-state index in [1.54, 1.807) is 0 Å². The lowest BCUT2D eigenvalue weighted by atomic mass is 10.2. The summed E-state index contributed by atoms with van der Waals surface area (Å²) in [6.45, 7) is -1.65. The van der Waals surface area contributed by atoms with Crippen molar-refractivity contribution >= 4 is 16.3 Å². The number of rotatable bonds is 4. The second-order valence-corrected chi connectivity index (χ2v) is 4.90. The van der Waals surface area contributed by atoms with Gasteiger partial charge in [0.1, 0.15) is 12.8 Å². The van der Waals surface area contributed by atoms with Gasteiger partial charge in [0.2, 0.25) is 10.0 Å². The number of alkyl halides is 3. The minimum absolute atomic E-state index is 0.0693. The minimum Gasteiger partial charge on any atom is -0.298 e. The van der Waals surface area contributed by atoms with Gasteiger partial charge in [0, 0.05) is 5.56 Å². The van der Waals surface area contributed by atoms with E-state index in [-0.39, 0.29) is 10.5 Å². The molecule has 1 rings (SSSR count). The van der Waals surface area contributed by atoms with E-state index in [4.69, 9.17) is 0 Å². The van der Waals surface area contributed by atoms with Gasteiger partial charge in [-0.3, -0.25) is 4.79 Å². The summed E-state index contributed by atoms with van der Waals surface area (Å²) in [7, 11) is -4.25. The van der Waals surface area contributed by atoms with Crippen molar-refractivity contribution in [3.05, 3.63) is 29.8 Å². The Hall–Kier alpha value is -1.41. The standard InChI is InChI=1S/C9H8F3NO3S/c10-9(11,12)6-13-17(15,16)8-3-1-2-7(4-8)5-14/h1-5,13H,6H2. The van der Waals surface area contributed by atoms with Gasteiger partial charge >= 0.3 is 6.18 Å². The maximum absolute atomic E-state index is 11.9. The lowest BCUT2D eigenvalue weighted by Crippen LogP contribution is -2.33. The molecule has 0 unspecified atom stereocenters. The predicted octanol–water partition coefficient (Wildman–Crippen LogP) is 1.34. The molecule has 0 aliphatic heterocycles. The number of carbonyl (C=O) groups excluding carboxylic acids is 1. The van der Waals surface area contributed by atoms with Gasteiger partial charge < -0.3 is 0 Å². The molecular formula is C9H8F3NO3S. The lowest BCUT2D eigenvalue weighted by Gasteiger charge is -2.09. The number of sulfonamides is 1. The van der Waals surface area contributed by atoms with Crippen LogP contribution in [0.1, 0.15) is 10.4 Å². The van der Waals surface area contributed by atoms with Gasteiger partial charge in [-0.1, -0.05) is 12.1 Å². The zero-order valence-corrected chi connectivity index (χ0v) is 9.18. The van der Waals surface area contributed by atoms with Crippen LogP contribution in [0.4, 0.5) is 13.2 Å². The third-order valence-corrected chi connectivity index (χ3v) is 3.17. The third-order valence-electron chi connectivity index (χ3n) is 1.77. The smallest absolute Gasteiger partial charge is 0.298 e. The molecule has 4 nitrogen and oxygen atoms in total. The van der Waals surface area contributed by atoms with Crippen molar-refractivity contribution in [1.82, 2.24) is 4.72 Å². The van der Waals surface area contributed by atoms with Crippen molar-refractivity contribution < 1.29 is 26.4 Å². The summed E-state index contributed by atoms with van der Waals surface area (Å²) < 4.78 is 59.8. The zero-order valence-electron chi connectivity index (χ0n) is 8.36. The SMILES string of the molecule is O=Cc1cccc(S(=O)(=O)NCC(F)(F)F)c1. The van der Waals surface area contributed by atoms with E-state index in [2.05, 4.69) is 0 Å². The normalized spacial score (nSPS) is 12.4. The maximum Gasteiger partial charge on any atom is 0.402 e. The Morgan fingerprint density at radius 1 is 1.29 bits per heavy atom. The fraction of sp³-hybridized carbons (Fsp3) is 0.222. The van der Waals surface area contributed by atoms with Crippen LogP contribution in [0.15, 0.2) is 29.2 Å².